The van der Waals surface area contributed by atoms with Gasteiger partial charge in [0.15, 0.2) is 23.2 Å². The van der Waals surface area contributed by atoms with Crippen LogP contribution in [-0.4, -0.2) is 31.7 Å². The molecular weight excluding hydrogens is 312 g/mol. The number of carbonyl (C=O) groups is 1. The molecule has 0 atom stereocenters. The second-order valence-electron chi connectivity index (χ2n) is 4.92. The Kier molecular flexibility index (Phi) is 5.76. The summed E-state index contributed by atoms with van der Waals surface area (Å²) in [6, 6.07) is 5.58. The maximum atomic E-state index is 12.2. The molecule has 122 valence electrons. The van der Waals surface area contributed by atoms with E-state index in [1.807, 2.05) is 43.5 Å². The fourth-order valence-corrected chi connectivity index (χ4v) is 2.72. The molecule has 1 heterocycles. The van der Waals surface area contributed by atoms with E-state index in [9.17, 15) is 4.79 Å². The molecule has 0 radical (unpaired) electrons. The van der Waals surface area contributed by atoms with Gasteiger partial charge in [0.2, 0.25) is 0 Å². The number of aryl methyl sites for hydroxylation is 1. The lowest BCUT2D eigenvalue weighted by atomic mass is 10.2. The van der Waals surface area contributed by atoms with E-state index < -0.39 is 0 Å². The fourth-order valence-electron chi connectivity index (χ4n) is 1.94. The summed E-state index contributed by atoms with van der Waals surface area (Å²) < 4.78 is 10.9. The number of likely N-dealkylation sites (N-methyl/N-ethyl adjacent to an activating group) is 1. The number of methoxy groups -OCH3 is 1. The molecule has 0 aliphatic heterocycles. The average molecular weight is 332 g/mol. The second-order valence-corrected chi connectivity index (χ2v) is 5.76. The Bertz CT molecular complexity index is 710. The molecular formula is C17H20N2O3S. The summed E-state index contributed by atoms with van der Waals surface area (Å²) in [4.78, 5) is 18.0. The van der Waals surface area contributed by atoms with Crippen molar-refractivity contribution >= 4 is 28.5 Å². The molecule has 5 nitrogen and oxygen atoms in total. The van der Waals surface area contributed by atoms with Crippen LogP contribution in [0.2, 0.25) is 0 Å². The lowest BCUT2D eigenvalue weighted by Crippen LogP contribution is -2.31. The van der Waals surface area contributed by atoms with Gasteiger partial charge in [-0.05, 0) is 31.5 Å². The van der Waals surface area contributed by atoms with E-state index in [4.69, 9.17) is 9.47 Å². The Morgan fingerprint density at radius 2 is 2.17 bits per heavy atom. The third kappa shape index (κ3) is 4.32. The van der Waals surface area contributed by atoms with Crippen LogP contribution in [-0.2, 0) is 4.79 Å². The van der Waals surface area contributed by atoms with Crippen molar-refractivity contribution in [3.8, 4) is 11.5 Å². The first-order chi connectivity index (χ1) is 11.0. The van der Waals surface area contributed by atoms with Crippen molar-refractivity contribution in [1.29, 1.82) is 0 Å². The predicted molar refractivity (Wildman–Crippen MR) is 93.5 cm³/mol. The Hall–Kier alpha value is -2.34. The van der Waals surface area contributed by atoms with Crippen LogP contribution in [0.1, 0.15) is 18.2 Å². The van der Waals surface area contributed by atoms with Crippen LogP contribution in [0, 0.1) is 6.92 Å². The van der Waals surface area contributed by atoms with Gasteiger partial charge in [0.1, 0.15) is 0 Å². The quantitative estimate of drug-likeness (QED) is 0.812. The number of benzene rings is 1. The molecule has 2 aromatic rings. The zero-order valence-electron chi connectivity index (χ0n) is 13.7. The highest BCUT2D eigenvalue weighted by molar-refractivity contribution is 7.14. The van der Waals surface area contributed by atoms with Gasteiger partial charge in [0, 0.05) is 12.4 Å². The number of carbonyl (C=O) groups excluding carboxylic acids is 1. The highest BCUT2D eigenvalue weighted by Crippen LogP contribution is 2.28. The van der Waals surface area contributed by atoms with Crippen LogP contribution >= 0.6 is 11.3 Å². The first kappa shape index (κ1) is 17.0. The summed E-state index contributed by atoms with van der Waals surface area (Å²) in [5.74, 6) is 0.970. The summed E-state index contributed by atoms with van der Waals surface area (Å²) in [5.41, 5.74) is 1.91. The molecule has 0 aliphatic rings. The van der Waals surface area contributed by atoms with Crippen LogP contribution in [0.3, 0.4) is 0 Å². The predicted octanol–water partition coefficient (Wildman–Crippen LogP) is 3.54. The molecule has 0 spiro atoms. The molecule has 2 rings (SSSR count). The Labute approximate surface area is 140 Å². The van der Waals surface area contributed by atoms with Gasteiger partial charge in [-0.15, -0.1) is 11.3 Å². The molecule has 0 N–H and O–H groups in total. The minimum absolute atomic E-state index is 0.0749. The van der Waals surface area contributed by atoms with E-state index >= 15 is 0 Å². The van der Waals surface area contributed by atoms with Crippen LogP contribution in [0.25, 0.3) is 6.08 Å². The molecule has 0 saturated heterocycles. The first-order valence-corrected chi connectivity index (χ1v) is 8.05. The number of anilines is 1. The van der Waals surface area contributed by atoms with Crippen LogP contribution in [0.4, 0.5) is 5.13 Å². The maximum Gasteiger partial charge on any atom is 0.266 e. The van der Waals surface area contributed by atoms with Crippen molar-refractivity contribution in [2.45, 2.75) is 13.8 Å². The minimum Gasteiger partial charge on any atom is -0.493 e. The first-order valence-electron chi connectivity index (χ1n) is 7.17. The molecule has 0 bridgehead atoms. The molecule has 0 saturated carbocycles. The Balaban J connectivity index is 2.03. The average Bonchev–Trinajstić information content (AvgIpc) is 2.99. The normalized spacial score (nSPS) is 10.8. The summed E-state index contributed by atoms with van der Waals surface area (Å²) in [6.07, 6.45) is 3.92. The number of rotatable bonds is 6. The third-order valence-corrected chi connectivity index (χ3v) is 4.20. The summed E-state index contributed by atoms with van der Waals surface area (Å²) >= 11 is 1.43. The third-order valence-electron chi connectivity index (χ3n) is 3.17. The van der Waals surface area contributed by atoms with Gasteiger partial charge in [-0.25, -0.2) is 4.98 Å². The standard InChI is InChI=1S/C17H20N2O3S/c1-5-6-13-7-8-14(15(9-13)21-4)22-10-16(20)19(3)17-18-12(2)11-23-17/h5-9,11H,10H2,1-4H3/b6-5+. The van der Waals surface area contributed by atoms with Crippen LogP contribution in [0.15, 0.2) is 29.7 Å². The van der Waals surface area contributed by atoms with E-state index in [-0.39, 0.29) is 12.5 Å². The molecule has 23 heavy (non-hydrogen) atoms. The number of thiazole rings is 1. The SMILES string of the molecule is C/C=C/c1ccc(OCC(=O)N(C)c2nc(C)cs2)c(OC)c1. The molecule has 0 aliphatic carbocycles. The molecule has 0 fully saturated rings. The second kappa shape index (κ2) is 7.78. The van der Waals surface area contributed by atoms with Gasteiger partial charge in [0.05, 0.1) is 12.8 Å². The van der Waals surface area contributed by atoms with Crippen molar-refractivity contribution < 1.29 is 14.3 Å². The highest BCUT2D eigenvalue weighted by Gasteiger charge is 2.15. The van der Waals surface area contributed by atoms with Gasteiger partial charge in [-0.3, -0.25) is 9.69 Å². The summed E-state index contributed by atoms with van der Waals surface area (Å²) in [7, 11) is 3.27. The minimum atomic E-state index is -0.168. The van der Waals surface area contributed by atoms with E-state index in [1.165, 1.54) is 16.2 Å². The zero-order chi connectivity index (χ0) is 16.8. The van der Waals surface area contributed by atoms with Crippen molar-refractivity contribution in [2.24, 2.45) is 0 Å². The van der Waals surface area contributed by atoms with Crippen molar-refractivity contribution in [2.75, 3.05) is 25.7 Å². The number of ether oxygens (including phenoxy) is 2. The Morgan fingerprint density at radius 3 is 2.78 bits per heavy atom. The maximum absolute atomic E-state index is 12.2. The number of amides is 1. The largest absolute Gasteiger partial charge is 0.493 e. The number of allylic oxidation sites excluding steroid dienone is 1. The molecule has 1 amide bonds. The van der Waals surface area contributed by atoms with Crippen molar-refractivity contribution in [3.05, 3.63) is 40.9 Å². The monoisotopic (exact) mass is 332 g/mol. The van der Waals surface area contributed by atoms with Gasteiger partial charge < -0.3 is 9.47 Å². The molecule has 6 heteroatoms. The number of hydrogen-bond acceptors (Lipinski definition) is 5. The Morgan fingerprint density at radius 1 is 1.39 bits per heavy atom. The lowest BCUT2D eigenvalue weighted by molar-refractivity contribution is -0.120. The van der Waals surface area contributed by atoms with Gasteiger partial charge in [0.25, 0.3) is 5.91 Å². The summed E-state index contributed by atoms with van der Waals surface area (Å²) in [5, 5.41) is 2.56. The number of aromatic nitrogens is 1. The van der Waals surface area contributed by atoms with Crippen LogP contribution in [0.5, 0.6) is 11.5 Å². The van der Waals surface area contributed by atoms with E-state index in [0.29, 0.717) is 16.6 Å². The highest BCUT2D eigenvalue weighted by atomic mass is 32.1. The number of nitrogens with zero attached hydrogens (tertiary/aromatic N) is 2. The van der Waals surface area contributed by atoms with Crippen molar-refractivity contribution in [1.82, 2.24) is 4.98 Å². The van der Waals surface area contributed by atoms with E-state index in [0.717, 1.165) is 11.3 Å². The molecule has 0 unspecified atom stereocenters. The zero-order valence-corrected chi connectivity index (χ0v) is 14.5. The number of hydrogen-bond donors (Lipinski definition) is 0. The fraction of sp³-hybridized carbons (Fsp3) is 0.294. The van der Waals surface area contributed by atoms with Gasteiger partial charge >= 0.3 is 0 Å². The lowest BCUT2D eigenvalue weighted by Gasteiger charge is -2.15. The smallest absolute Gasteiger partial charge is 0.266 e. The van der Waals surface area contributed by atoms with Crippen molar-refractivity contribution in [3.63, 3.8) is 0 Å². The molecule has 1 aromatic heterocycles. The molecule has 1 aromatic carbocycles. The van der Waals surface area contributed by atoms with Crippen LogP contribution < -0.4 is 14.4 Å². The van der Waals surface area contributed by atoms with E-state index in [2.05, 4.69) is 4.98 Å². The van der Waals surface area contributed by atoms with E-state index in [1.54, 1.807) is 20.2 Å². The van der Waals surface area contributed by atoms with Gasteiger partial charge in [-0.1, -0.05) is 18.2 Å². The topological polar surface area (TPSA) is 51.7 Å². The van der Waals surface area contributed by atoms with Gasteiger partial charge in [-0.2, -0.15) is 0 Å². The summed E-state index contributed by atoms with van der Waals surface area (Å²) in [6.45, 7) is 3.77.